The summed E-state index contributed by atoms with van der Waals surface area (Å²) in [5.74, 6) is -1.16. The van der Waals surface area contributed by atoms with Crippen LogP contribution >= 0.6 is 0 Å². The SMILES string of the molecule is CCCCCCCCCCCCCCC(O)(CC(=O)[O-])C[N+](C)(C)C. The Morgan fingerprint density at radius 1 is 0.840 bits per heavy atom. The van der Waals surface area contributed by atoms with E-state index in [0.29, 0.717) is 17.4 Å². The maximum absolute atomic E-state index is 10.9. The molecule has 0 amide bonds. The van der Waals surface area contributed by atoms with Crippen molar-refractivity contribution in [3.8, 4) is 0 Å². The molecule has 0 aliphatic heterocycles. The van der Waals surface area contributed by atoms with Gasteiger partial charge in [0.1, 0.15) is 12.1 Å². The molecule has 25 heavy (non-hydrogen) atoms. The first-order valence-corrected chi connectivity index (χ1v) is 10.4. The van der Waals surface area contributed by atoms with Crippen LogP contribution in [0.25, 0.3) is 0 Å². The van der Waals surface area contributed by atoms with E-state index in [9.17, 15) is 15.0 Å². The summed E-state index contributed by atoms with van der Waals surface area (Å²) in [7, 11) is 5.92. The molecule has 0 aromatic heterocycles. The quantitative estimate of drug-likeness (QED) is 0.319. The first-order valence-electron chi connectivity index (χ1n) is 10.4. The van der Waals surface area contributed by atoms with Crippen molar-refractivity contribution in [2.45, 2.75) is 102 Å². The molecular weight excluding hydrogens is 314 g/mol. The number of aliphatic carboxylic acids is 1. The number of carboxylic acid groups (broad SMARTS) is 1. The monoisotopic (exact) mass is 357 g/mol. The van der Waals surface area contributed by atoms with Gasteiger partial charge in [-0.25, -0.2) is 0 Å². The maximum Gasteiger partial charge on any atom is 0.119 e. The van der Waals surface area contributed by atoms with Crippen LogP contribution in [0.3, 0.4) is 0 Å². The minimum absolute atomic E-state index is 0.263. The van der Waals surface area contributed by atoms with Gasteiger partial charge in [-0.1, -0.05) is 84.0 Å². The summed E-state index contributed by atoms with van der Waals surface area (Å²) < 4.78 is 0.558. The fourth-order valence-corrected chi connectivity index (χ4v) is 3.67. The van der Waals surface area contributed by atoms with Crippen molar-refractivity contribution >= 4 is 5.97 Å². The lowest BCUT2D eigenvalue weighted by Crippen LogP contribution is -2.51. The lowest BCUT2D eigenvalue weighted by Gasteiger charge is -2.36. The summed E-state index contributed by atoms with van der Waals surface area (Å²) in [5.41, 5.74) is -1.14. The van der Waals surface area contributed by atoms with Gasteiger partial charge in [-0.15, -0.1) is 0 Å². The van der Waals surface area contributed by atoms with Gasteiger partial charge >= 0.3 is 0 Å². The van der Waals surface area contributed by atoms with Crippen molar-refractivity contribution in [1.29, 1.82) is 0 Å². The van der Waals surface area contributed by atoms with E-state index in [1.807, 2.05) is 21.1 Å². The molecular formula is C21H43NO3. The van der Waals surface area contributed by atoms with Crippen LogP contribution in [0.15, 0.2) is 0 Å². The van der Waals surface area contributed by atoms with Gasteiger partial charge in [0.2, 0.25) is 0 Å². The fraction of sp³-hybridized carbons (Fsp3) is 0.952. The molecule has 4 nitrogen and oxygen atoms in total. The number of carbonyl (C=O) groups is 1. The molecule has 1 N–H and O–H groups in total. The van der Waals surface area contributed by atoms with Crippen LogP contribution in [0.1, 0.15) is 96.8 Å². The summed E-state index contributed by atoms with van der Waals surface area (Å²) in [5, 5.41) is 21.6. The van der Waals surface area contributed by atoms with Crippen molar-refractivity contribution in [1.82, 2.24) is 0 Å². The molecule has 0 radical (unpaired) electrons. The highest BCUT2D eigenvalue weighted by molar-refractivity contribution is 5.65. The smallest absolute Gasteiger partial charge is 0.119 e. The summed E-state index contributed by atoms with van der Waals surface area (Å²) in [6.45, 7) is 2.70. The summed E-state index contributed by atoms with van der Waals surface area (Å²) in [6.07, 6.45) is 15.5. The highest BCUT2D eigenvalue weighted by Crippen LogP contribution is 2.22. The van der Waals surface area contributed by atoms with Crippen LogP contribution in [-0.4, -0.2) is 48.8 Å². The van der Waals surface area contributed by atoms with Crippen LogP contribution < -0.4 is 5.11 Å². The number of carboxylic acids is 1. The zero-order valence-corrected chi connectivity index (χ0v) is 17.3. The number of unbranched alkanes of at least 4 members (excludes halogenated alkanes) is 11. The lowest BCUT2D eigenvalue weighted by atomic mass is 9.91. The van der Waals surface area contributed by atoms with E-state index >= 15 is 0 Å². The van der Waals surface area contributed by atoms with Crippen LogP contribution in [0.2, 0.25) is 0 Å². The first-order chi connectivity index (χ1) is 11.7. The summed E-state index contributed by atoms with van der Waals surface area (Å²) in [4.78, 5) is 10.9. The zero-order valence-electron chi connectivity index (χ0n) is 17.3. The standard InChI is InChI=1S/C21H43NO3/c1-5-6-7-8-9-10-11-12-13-14-15-16-17-21(25,18-20(23)24)19-22(2,3)4/h25H,5-19H2,1-4H3. The van der Waals surface area contributed by atoms with Crippen LogP contribution in [-0.2, 0) is 4.79 Å². The van der Waals surface area contributed by atoms with E-state index in [1.165, 1.54) is 64.2 Å². The van der Waals surface area contributed by atoms with Crippen LogP contribution in [0.4, 0.5) is 0 Å². The van der Waals surface area contributed by atoms with Crippen molar-refractivity contribution in [2.24, 2.45) is 0 Å². The lowest BCUT2D eigenvalue weighted by molar-refractivity contribution is -0.877. The largest absolute Gasteiger partial charge is 0.550 e. The zero-order chi connectivity index (χ0) is 19.2. The van der Waals surface area contributed by atoms with Gasteiger partial charge < -0.3 is 19.5 Å². The molecule has 0 aromatic rings. The number of hydrogen-bond acceptors (Lipinski definition) is 3. The third kappa shape index (κ3) is 16.6. The van der Waals surface area contributed by atoms with E-state index in [1.54, 1.807) is 0 Å². The third-order valence-corrected chi connectivity index (χ3v) is 4.74. The molecule has 0 fully saturated rings. The Kier molecular flexibility index (Phi) is 13.2. The predicted molar refractivity (Wildman–Crippen MR) is 103 cm³/mol. The molecule has 1 unspecified atom stereocenters. The number of aliphatic hydroxyl groups is 1. The molecule has 0 spiro atoms. The van der Waals surface area contributed by atoms with Gasteiger partial charge in [-0.2, -0.15) is 0 Å². The van der Waals surface area contributed by atoms with E-state index in [0.717, 1.165) is 12.8 Å². The van der Waals surface area contributed by atoms with E-state index in [2.05, 4.69) is 6.92 Å². The molecule has 150 valence electrons. The van der Waals surface area contributed by atoms with Crippen molar-refractivity contribution in [2.75, 3.05) is 27.7 Å². The minimum atomic E-state index is -1.16. The van der Waals surface area contributed by atoms with Crippen LogP contribution in [0.5, 0.6) is 0 Å². The van der Waals surface area contributed by atoms with Crippen molar-refractivity contribution < 1.29 is 19.5 Å². The summed E-state index contributed by atoms with van der Waals surface area (Å²) in [6, 6.07) is 0. The molecule has 0 saturated heterocycles. The van der Waals surface area contributed by atoms with E-state index < -0.39 is 11.6 Å². The van der Waals surface area contributed by atoms with Crippen LogP contribution in [0, 0.1) is 0 Å². The Hall–Kier alpha value is -0.610. The predicted octanol–water partition coefficient (Wildman–Crippen LogP) is 3.65. The number of carbonyl (C=O) groups excluding carboxylic acids is 1. The molecule has 0 heterocycles. The van der Waals surface area contributed by atoms with Crippen molar-refractivity contribution in [3.63, 3.8) is 0 Å². The van der Waals surface area contributed by atoms with Gasteiger partial charge in [0, 0.05) is 12.4 Å². The molecule has 0 bridgehead atoms. The molecule has 0 saturated carbocycles. The molecule has 0 aliphatic carbocycles. The Balaban J connectivity index is 3.73. The second-order valence-corrected chi connectivity index (χ2v) is 8.86. The molecule has 0 aromatic carbocycles. The van der Waals surface area contributed by atoms with Gasteiger partial charge in [0.15, 0.2) is 0 Å². The van der Waals surface area contributed by atoms with Gasteiger partial charge in [0.25, 0.3) is 0 Å². The molecule has 0 rings (SSSR count). The molecule has 0 aliphatic rings. The number of likely N-dealkylation sites (N-methyl/N-ethyl adjacent to an activating group) is 1. The second-order valence-electron chi connectivity index (χ2n) is 8.86. The van der Waals surface area contributed by atoms with Gasteiger partial charge in [-0.05, 0) is 6.42 Å². The average Bonchev–Trinajstić information content (AvgIpc) is 2.45. The second kappa shape index (κ2) is 13.6. The first kappa shape index (κ1) is 24.4. The number of nitrogens with zero attached hydrogens (tertiary/aromatic N) is 1. The Morgan fingerprint density at radius 3 is 1.60 bits per heavy atom. The Labute approximate surface area is 156 Å². The van der Waals surface area contributed by atoms with Gasteiger partial charge in [-0.3, -0.25) is 0 Å². The summed E-state index contributed by atoms with van der Waals surface area (Å²) >= 11 is 0. The Morgan fingerprint density at radius 2 is 1.24 bits per heavy atom. The fourth-order valence-electron chi connectivity index (χ4n) is 3.67. The number of hydrogen-bond donors (Lipinski definition) is 1. The minimum Gasteiger partial charge on any atom is -0.550 e. The third-order valence-electron chi connectivity index (χ3n) is 4.74. The van der Waals surface area contributed by atoms with Gasteiger partial charge in [0.05, 0.1) is 21.1 Å². The Bertz CT molecular complexity index is 339. The topological polar surface area (TPSA) is 60.4 Å². The number of quaternary nitrogens is 1. The average molecular weight is 358 g/mol. The maximum atomic E-state index is 10.9. The normalized spacial score (nSPS) is 14.4. The number of rotatable bonds is 17. The van der Waals surface area contributed by atoms with E-state index in [-0.39, 0.29) is 6.42 Å². The highest BCUT2D eigenvalue weighted by Gasteiger charge is 2.33. The highest BCUT2D eigenvalue weighted by atomic mass is 16.4. The van der Waals surface area contributed by atoms with Crippen molar-refractivity contribution in [3.05, 3.63) is 0 Å². The molecule has 1 atom stereocenters. The molecule has 4 heteroatoms. The van der Waals surface area contributed by atoms with E-state index in [4.69, 9.17) is 0 Å².